The largest absolute Gasteiger partial charge is 0.386 e. The van der Waals surface area contributed by atoms with Crippen molar-refractivity contribution >= 4 is 0 Å². The van der Waals surface area contributed by atoms with Crippen molar-refractivity contribution in [2.45, 2.75) is 39.0 Å². The molecule has 0 aliphatic carbocycles. The molecule has 1 rings (SSSR count). The van der Waals surface area contributed by atoms with Gasteiger partial charge in [-0.05, 0) is 31.9 Å². The van der Waals surface area contributed by atoms with Crippen molar-refractivity contribution in [2.75, 3.05) is 6.61 Å². The number of rotatable bonds is 4. The Morgan fingerprint density at radius 1 is 1.25 bits per heavy atom. The van der Waals surface area contributed by atoms with Gasteiger partial charge in [-0.2, -0.15) is 0 Å². The van der Waals surface area contributed by atoms with Crippen molar-refractivity contribution in [3.05, 3.63) is 35.4 Å². The van der Waals surface area contributed by atoms with E-state index in [-0.39, 0.29) is 5.60 Å². The van der Waals surface area contributed by atoms with Gasteiger partial charge in [-0.1, -0.05) is 24.3 Å². The van der Waals surface area contributed by atoms with Crippen molar-refractivity contribution in [2.24, 2.45) is 5.73 Å². The molecular formula is C13H21NO2. The highest BCUT2D eigenvalue weighted by atomic mass is 16.5. The second kappa shape index (κ2) is 5.43. The summed E-state index contributed by atoms with van der Waals surface area (Å²) in [5, 5.41) is 9.89. The maximum atomic E-state index is 9.89. The van der Waals surface area contributed by atoms with E-state index in [0.29, 0.717) is 13.2 Å². The maximum absolute atomic E-state index is 9.89. The van der Waals surface area contributed by atoms with E-state index in [1.165, 1.54) is 0 Å². The van der Waals surface area contributed by atoms with Gasteiger partial charge in [0, 0.05) is 6.54 Å². The minimum atomic E-state index is -0.578. The molecule has 3 N–H and O–H groups in total. The van der Waals surface area contributed by atoms with Crippen molar-refractivity contribution < 1.29 is 9.84 Å². The lowest BCUT2D eigenvalue weighted by Gasteiger charge is -2.22. The predicted molar refractivity (Wildman–Crippen MR) is 65.0 cm³/mol. The fraction of sp³-hybridized carbons (Fsp3) is 0.538. The highest BCUT2D eigenvalue weighted by Crippen LogP contribution is 2.17. The molecular weight excluding hydrogens is 202 g/mol. The Bertz CT molecular complexity index is 314. The Morgan fingerprint density at radius 2 is 1.81 bits per heavy atom. The normalized spacial score (nSPS) is 13.8. The van der Waals surface area contributed by atoms with Crippen molar-refractivity contribution in [1.29, 1.82) is 0 Å². The Morgan fingerprint density at radius 3 is 2.25 bits per heavy atom. The number of ether oxygens (including phenoxy) is 1. The molecule has 0 aliphatic heterocycles. The second-order valence-corrected chi connectivity index (χ2v) is 4.88. The van der Waals surface area contributed by atoms with Crippen LogP contribution < -0.4 is 5.73 Å². The molecule has 1 aromatic carbocycles. The summed E-state index contributed by atoms with van der Waals surface area (Å²) in [5.74, 6) is 0. The standard InChI is InChI=1S/C13H21NO2/c1-13(2,3)16-9-12(15)11-6-4-10(8-14)5-7-11/h4-7,12,15H,8-9,14H2,1-3H3. The zero-order valence-corrected chi connectivity index (χ0v) is 10.2. The third kappa shape index (κ3) is 4.31. The molecule has 1 unspecified atom stereocenters. The van der Waals surface area contributed by atoms with Crippen LogP contribution in [0, 0.1) is 0 Å². The van der Waals surface area contributed by atoms with Crippen LogP contribution in [0.2, 0.25) is 0 Å². The molecule has 0 saturated carbocycles. The van der Waals surface area contributed by atoms with E-state index >= 15 is 0 Å². The van der Waals surface area contributed by atoms with Gasteiger partial charge in [0.1, 0.15) is 6.10 Å². The summed E-state index contributed by atoms with van der Waals surface area (Å²) < 4.78 is 5.53. The van der Waals surface area contributed by atoms with Crippen molar-refractivity contribution in [3.8, 4) is 0 Å². The topological polar surface area (TPSA) is 55.5 Å². The molecule has 0 aromatic heterocycles. The molecule has 16 heavy (non-hydrogen) atoms. The first-order valence-corrected chi connectivity index (χ1v) is 5.53. The van der Waals surface area contributed by atoms with Crippen LogP contribution in [-0.4, -0.2) is 17.3 Å². The summed E-state index contributed by atoms with van der Waals surface area (Å²) in [4.78, 5) is 0. The number of aliphatic hydroxyl groups is 1. The molecule has 90 valence electrons. The van der Waals surface area contributed by atoms with Gasteiger partial charge in [0.15, 0.2) is 0 Å². The smallest absolute Gasteiger partial charge is 0.102 e. The van der Waals surface area contributed by atoms with E-state index in [2.05, 4.69) is 0 Å². The van der Waals surface area contributed by atoms with E-state index in [1.807, 2.05) is 45.0 Å². The van der Waals surface area contributed by atoms with Gasteiger partial charge in [0.2, 0.25) is 0 Å². The predicted octanol–water partition coefficient (Wildman–Crippen LogP) is 1.99. The lowest BCUT2D eigenvalue weighted by atomic mass is 10.1. The molecule has 3 nitrogen and oxygen atoms in total. The molecule has 0 aliphatic rings. The lowest BCUT2D eigenvalue weighted by molar-refractivity contribution is -0.0496. The van der Waals surface area contributed by atoms with E-state index in [4.69, 9.17) is 10.5 Å². The van der Waals surface area contributed by atoms with Crippen LogP contribution in [0.25, 0.3) is 0 Å². The second-order valence-electron chi connectivity index (χ2n) is 4.88. The van der Waals surface area contributed by atoms with Crippen LogP contribution >= 0.6 is 0 Å². The third-order valence-corrected chi connectivity index (χ3v) is 2.27. The number of aliphatic hydroxyl groups excluding tert-OH is 1. The molecule has 0 fully saturated rings. The summed E-state index contributed by atoms with van der Waals surface area (Å²) in [6.45, 7) is 6.74. The molecule has 1 aromatic rings. The van der Waals surface area contributed by atoms with Crippen LogP contribution in [0.5, 0.6) is 0 Å². The quantitative estimate of drug-likeness (QED) is 0.820. The van der Waals surface area contributed by atoms with E-state index < -0.39 is 6.10 Å². The van der Waals surface area contributed by atoms with Crippen LogP contribution in [0.4, 0.5) is 0 Å². The Hall–Kier alpha value is -0.900. The number of benzene rings is 1. The van der Waals surface area contributed by atoms with Crippen LogP contribution in [0.1, 0.15) is 38.0 Å². The zero-order chi connectivity index (χ0) is 12.2. The van der Waals surface area contributed by atoms with Gasteiger partial charge < -0.3 is 15.6 Å². The summed E-state index contributed by atoms with van der Waals surface area (Å²) in [6, 6.07) is 7.63. The average Bonchev–Trinajstić information content (AvgIpc) is 2.25. The van der Waals surface area contributed by atoms with E-state index in [1.54, 1.807) is 0 Å². The number of hydrogen-bond donors (Lipinski definition) is 2. The minimum Gasteiger partial charge on any atom is -0.386 e. The summed E-state index contributed by atoms with van der Waals surface area (Å²) in [5.41, 5.74) is 7.21. The molecule has 0 heterocycles. The first kappa shape index (κ1) is 13.2. The summed E-state index contributed by atoms with van der Waals surface area (Å²) in [6.07, 6.45) is -0.578. The molecule has 1 atom stereocenters. The fourth-order valence-corrected chi connectivity index (χ4v) is 1.30. The van der Waals surface area contributed by atoms with Gasteiger partial charge in [-0.25, -0.2) is 0 Å². The number of nitrogens with two attached hydrogens (primary N) is 1. The van der Waals surface area contributed by atoms with Crippen LogP contribution in [0.3, 0.4) is 0 Å². The van der Waals surface area contributed by atoms with Gasteiger partial charge in [0.25, 0.3) is 0 Å². The highest BCUT2D eigenvalue weighted by molar-refractivity contribution is 5.24. The first-order chi connectivity index (χ1) is 7.42. The molecule has 0 amide bonds. The monoisotopic (exact) mass is 223 g/mol. The summed E-state index contributed by atoms with van der Waals surface area (Å²) in [7, 11) is 0. The van der Waals surface area contributed by atoms with Crippen LogP contribution in [0.15, 0.2) is 24.3 Å². The molecule has 0 spiro atoms. The maximum Gasteiger partial charge on any atom is 0.102 e. The highest BCUT2D eigenvalue weighted by Gasteiger charge is 2.14. The molecule has 0 radical (unpaired) electrons. The zero-order valence-electron chi connectivity index (χ0n) is 10.2. The molecule has 0 saturated heterocycles. The summed E-state index contributed by atoms with van der Waals surface area (Å²) >= 11 is 0. The van der Waals surface area contributed by atoms with Gasteiger partial charge in [-0.3, -0.25) is 0 Å². The average molecular weight is 223 g/mol. The minimum absolute atomic E-state index is 0.224. The molecule has 0 bridgehead atoms. The van der Waals surface area contributed by atoms with Gasteiger partial charge >= 0.3 is 0 Å². The lowest BCUT2D eigenvalue weighted by Crippen LogP contribution is -2.22. The van der Waals surface area contributed by atoms with Crippen molar-refractivity contribution in [1.82, 2.24) is 0 Å². The fourth-order valence-electron chi connectivity index (χ4n) is 1.30. The van der Waals surface area contributed by atoms with Gasteiger partial charge in [0.05, 0.1) is 12.2 Å². The van der Waals surface area contributed by atoms with E-state index in [9.17, 15) is 5.11 Å². The SMILES string of the molecule is CC(C)(C)OCC(O)c1ccc(CN)cc1. The number of hydrogen-bond acceptors (Lipinski definition) is 3. The van der Waals surface area contributed by atoms with E-state index in [0.717, 1.165) is 11.1 Å². The Labute approximate surface area is 97.2 Å². The first-order valence-electron chi connectivity index (χ1n) is 5.53. The van der Waals surface area contributed by atoms with Crippen LogP contribution in [-0.2, 0) is 11.3 Å². The third-order valence-electron chi connectivity index (χ3n) is 2.27. The Kier molecular flexibility index (Phi) is 4.47. The van der Waals surface area contributed by atoms with Gasteiger partial charge in [-0.15, -0.1) is 0 Å². The van der Waals surface area contributed by atoms with Crippen molar-refractivity contribution in [3.63, 3.8) is 0 Å². The Balaban J connectivity index is 2.56. The molecule has 3 heteroatoms.